The number of hydrogen-bond donors (Lipinski definition) is 1. The highest BCUT2D eigenvalue weighted by Gasteiger charge is 2.15. The van der Waals surface area contributed by atoms with Crippen LogP contribution in [0.4, 0.5) is 0 Å². The van der Waals surface area contributed by atoms with Gasteiger partial charge in [0.1, 0.15) is 0 Å². The van der Waals surface area contributed by atoms with Gasteiger partial charge in [0.15, 0.2) is 0 Å². The molecule has 5 aromatic carbocycles. The van der Waals surface area contributed by atoms with E-state index in [1.165, 1.54) is 59.9 Å². The van der Waals surface area contributed by atoms with Crippen LogP contribution in [0.3, 0.4) is 0 Å². The molecular weight excluding hydrogens is 368 g/mol. The Labute approximate surface area is 171 Å². The van der Waals surface area contributed by atoms with Crippen molar-refractivity contribution in [1.82, 2.24) is 4.98 Å². The maximum Gasteiger partial charge on any atom is 0.350 e. The number of benzene rings is 5. The zero-order chi connectivity index (χ0) is 19.4. The van der Waals surface area contributed by atoms with Crippen molar-refractivity contribution >= 4 is 64.8 Å². The van der Waals surface area contributed by atoms with Gasteiger partial charge in [-0.1, -0.05) is 48.5 Å². The van der Waals surface area contributed by atoms with Crippen LogP contribution in [-0.2, 0) is 0 Å². The van der Waals surface area contributed by atoms with Crippen molar-refractivity contribution in [3.63, 3.8) is 0 Å². The lowest BCUT2D eigenvalue weighted by Gasteiger charge is -2.19. The predicted molar refractivity (Wildman–Crippen MR) is 126 cm³/mol. The summed E-state index contributed by atoms with van der Waals surface area (Å²) in [5, 5.41) is 10.3. The molecule has 2 radical (unpaired) electrons. The van der Waals surface area contributed by atoms with Gasteiger partial charge in [-0.05, 0) is 85.9 Å². The van der Waals surface area contributed by atoms with Gasteiger partial charge < -0.3 is 9.64 Å². The molecular formula is C26H18N2Si. The fourth-order valence-corrected chi connectivity index (χ4v) is 5.16. The van der Waals surface area contributed by atoms with Crippen LogP contribution in [0.5, 0.6) is 0 Å². The minimum Gasteiger partial charge on any atom is -0.392 e. The smallest absolute Gasteiger partial charge is 0.350 e. The highest BCUT2D eigenvalue weighted by Crippen LogP contribution is 2.37. The first-order valence-electron chi connectivity index (χ1n) is 9.81. The van der Waals surface area contributed by atoms with E-state index in [1.54, 1.807) is 0 Å². The molecule has 0 saturated heterocycles. The Morgan fingerprint density at radius 1 is 0.655 bits per heavy atom. The Morgan fingerprint density at radius 3 is 1.90 bits per heavy atom. The first kappa shape index (κ1) is 16.5. The average molecular weight is 387 g/mol. The lowest BCUT2D eigenvalue weighted by atomic mass is 9.91. The van der Waals surface area contributed by atoms with E-state index in [0.717, 1.165) is 0 Å². The molecule has 6 rings (SSSR count). The molecule has 0 unspecified atom stereocenters. The SMILES string of the molecule is CC1=C(c2cc3cc4ccccc4cc3c3cc4ccccc4cc23)N[Si]N=C1. The molecule has 5 aromatic rings. The van der Waals surface area contributed by atoms with Crippen molar-refractivity contribution in [1.29, 1.82) is 0 Å². The third kappa shape index (κ3) is 2.59. The third-order valence-electron chi connectivity index (χ3n) is 5.85. The molecule has 0 bridgehead atoms. The van der Waals surface area contributed by atoms with Gasteiger partial charge in [0, 0.05) is 17.5 Å². The normalized spacial score (nSPS) is 14.2. The number of rotatable bonds is 1. The second kappa shape index (κ2) is 6.29. The summed E-state index contributed by atoms with van der Waals surface area (Å²) in [7, 11) is 0.369. The quantitative estimate of drug-likeness (QED) is 0.206. The number of fused-ring (bicyclic) bond motifs is 5. The molecule has 0 spiro atoms. The minimum atomic E-state index is 0.369. The summed E-state index contributed by atoms with van der Waals surface area (Å²) in [6, 6.07) is 28.9. The van der Waals surface area contributed by atoms with Gasteiger partial charge in [0.25, 0.3) is 0 Å². The maximum atomic E-state index is 4.40. The van der Waals surface area contributed by atoms with Crippen LogP contribution in [0.2, 0.25) is 0 Å². The summed E-state index contributed by atoms with van der Waals surface area (Å²) < 4.78 is 4.40. The van der Waals surface area contributed by atoms with E-state index in [0.29, 0.717) is 9.84 Å². The monoisotopic (exact) mass is 386 g/mol. The van der Waals surface area contributed by atoms with Crippen LogP contribution in [0, 0.1) is 0 Å². The van der Waals surface area contributed by atoms with Crippen LogP contribution in [0.15, 0.2) is 89.1 Å². The Morgan fingerprint density at radius 2 is 1.24 bits per heavy atom. The van der Waals surface area contributed by atoms with Crippen LogP contribution >= 0.6 is 0 Å². The van der Waals surface area contributed by atoms with E-state index in [-0.39, 0.29) is 0 Å². The van der Waals surface area contributed by atoms with Crippen LogP contribution < -0.4 is 4.98 Å². The number of nitrogens with zero attached hydrogens (tertiary/aromatic N) is 1. The molecule has 0 aromatic heterocycles. The van der Waals surface area contributed by atoms with Gasteiger partial charge >= 0.3 is 9.84 Å². The van der Waals surface area contributed by atoms with E-state index < -0.39 is 0 Å². The van der Waals surface area contributed by atoms with Crippen molar-refractivity contribution in [2.45, 2.75) is 6.92 Å². The molecule has 1 heterocycles. The lowest BCUT2D eigenvalue weighted by molar-refractivity contribution is 1.31. The second-order valence-corrected chi connectivity index (χ2v) is 8.37. The molecule has 2 nitrogen and oxygen atoms in total. The zero-order valence-electron chi connectivity index (χ0n) is 16.0. The fourth-order valence-electron chi connectivity index (χ4n) is 4.40. The minimum absolute atomic E-state index is 0.369. The molecule has 1 N–H and O–H groups in total. The molecule has 29 heavy (non-hydrogen) atoms. The Balaban J connectivity index is 1.83. The summed E-state index contributed by atoms with van der Waals surface area (Å²) in [5.74, 6) is 0. The third-order valence-corrected chi connectivity index (χ3v) is 6.47. The van der Waals surface area contributed by atoms with Gasteiger partial charge in [-0.2, -0.15) is 0 Å². The van der Waals surface area contributed by atoms with Gasteiger partial charge in [0.05, 0.1) is 0 Å². The molecule has 0 fully saturated rings. The van der Waals surface area contributed by atoms with Crippen molar-refractivity contribution in [2.75, 3.05) is 0 Å². The van der Waals surface area contributed by atoms with Gasteiger partial charge in [0.2, 0.25) is 0 Å². The predicted octanol–water partition coefficient (Wildman–Crippen LogP) is 6.24. The summed E-state index contributed by atoms with van der Waals surface area (Å²) >= 11 is 0. The fraction of sp³-hybridized carbons (Fsp3) is 0.0385. The lowest BCUT2D eigenvalue weighted by Crippen LogP contribution is -2.21. The van der Waals surface area contributed by atoms with Crippen molar-refractivity contribution in [2.24, 2.45) is 4.66 Å². The second-order valence-electron chi connectivity index (χ2n) is 7.64. The summed E-state index contributed by atoms with van der Waals surface area (Å²) in [4.78, 5) is 3.54. The van der Waals surface area contributed by atoms with E-state index in [4.69, 9.17) is 0 Å². The Bertz CT molecular complexity index is 1510. The summed E-state index contributed by atoms with van der Waals surface area (Å²) in [5.41, 5.74) is 3.62. The van der Waals surface area contributed by atoms with Gasteiger partial charge in [-0.25, -0.2) is 0 Å². The molecule has 3 heteroatoms. The largest absolute Gasteiger partial charge is 0.392 e. The summed E-state index contributed by atoms with van der Waals surface area (Å²) in [6.45, 7) is 2.13. The standard InChI is InChI=1S/C26H18N2Si/c1-16-15-27-29-28-26(16)25-14-21-10-17-6-2-3-7-18(17)11-22(21)23-12-19-8-4-5-9-20(19)13-24(23)25/h2-15,28H,1H3. The topological polar surface area (TPSA) is 24.4 Å². The molecule has 0 aliphatic carbocycles. The van der Waals surface area contributed by atoms with Crippen molar-refractivity contribution in [3.05, 3.63) is 90.0 Å². The number of nitrogens with one attached hydrogen (secondary N) is 1. The van der Waals surface area contributed by atoms with Crippen LogP contribution in [0.25, 0.3) is 48.8 Å². The van der Waals surface area contributed by atoms with Crippen LogP contribution in [-0.4, -0.2) is 16.1 Å². The number of hydrogen-bond acceptors (Lipinski definition) is 2. The van der Waals surface area contributed by atoms with E-state index in [2.05, 4.69) is 95.4 Å². The van der Waals surface area contributed by atoms with Crippen molar-refractivity contribution in [3.8, 4) is 0 Å². The molecule has 1 aliphatic rings. The molecule has 0 amide bonds. The van der Waals surface area contributed by atoms with E-state index in [1.807, 2.05) is 6.21 Å². The zero-order valence-corrected chi connectivity index (χ0v) is 17.0. The first-order chi connectivity index (χ1) is 14.3. The van der Waals surface area contributed by atoms with Gasteiger partial charge in [-0.3, -0.25) is 0 Å². The van der Waals surface area contributed by atoms with E-state index >= 15 is 0 Å². The summed E-state index contributed by atoms with van der Waals surface area (Å²) in [6.07, 6.45) is 1.99. The highest BCUT2D eigenvalue weighted by atomic mass is 28.2. The maximum absolute atomic E-state index is 4.40. The molecule has 0 saturated carbocycles. The number of allylic oxidation sites excluding steroid dienone is 1. The van der Waals surface area contributed by atoms with Crippen LogP contribution in [0.1, 0.15) is 12.5 Å². The van der Waals surface area contributed by atoms with E-state index in [9.17, 15) is 0 Å². The van der Waals surface area contributed by atoms with Crippen molar-refractivity contribution < 1.29 is 0 Å². The average Bonchev–Trinajstić information content (AvgIpc) is 2.76. The van der Waals surface area contributed by atoms with Gasteiger partial charge in [-0.15, -0.1) is 0 Å². The Kier molecular flexibility index (Phi) is 3.58. The highest BCUT2D eigenvalue weighted by molar-refractivity contribution is 6.37. The Hall–Kier alpha value is -3.43. The molecule has 1 aliphatic heterocycles. The molecule has 136 valence electrons. The first-order valence-corrected chi connectivity index (χ1v) is 10.8. The molecule has 0 atom stereocenters.